The fourth-order valence-electron chi connectivity index (χ4n) is 3.95. The minimum atomic E-state index is 0.132. The summed E-state index contributed by atoms with van der Waals surface area (Å²) in [6.45, 7) is 6.59. The normalized spacial score (nSPS) is 20.7. The van der Waals surface area contributed by atoms with Crippen LogP contribution in [0.2, 0.25) is 0 Å². The molecule has 4 heteroatoms. The number of nitrogens with two attached hydrogens (primary N) is 1. The number of hydrogen-bond donors (Lipinski definition) is 1. The highest BCUT2D eigenvalue weighted by molar-refractivity contribution is 6.01. The average Bonchev–Trinajstić information content (AvgIpc) is 2.62. The third kappa shape index (κ3) is 3.69. The highest BCUT2D eigenvalue weighted by Gasteiger charge is 2.26. The van der Waals surface area contributed by atoms with Crippen LogP contribution in [0.4, 0.5) is 11.4 Å². The highest BCUT2D eigenvalue weighted by atomic mass is 16.1. The second kappa shape index (κ2) is 7.35. The Bertz CT molecular complexity index is 544. The molecule has 1 aromatic rings. The van der Waals surface area contributed by atoms with E-state index in [-0.39, 0.29) is 5.78 Å². The first kappa shape index (κ1) is 16.3. The molecule has 1 aromatic carbocycles. The van der Waals surface area contributed by atoms with Gasteiger partial charge >= 0.3 is 0 Å². The molecule has 0 aliphatic carbocycles. The molecular weight excluding hydrogens is 286 g/mol. The summed E-state index contributed by atoms with van der Waals surface area (Å²) in [5.74, 6) is 0.132. The van der Waals surface area contributed by atoms with Gasteiger partial charge in [0, 0.05) is 42.5 Å². The lowest BCUT2D eigenvalue weighted by atomic mass is 9.98. The Balaban J connectivity index is 1.64. The first-order chi connectivity index (χ1) is 11.2. The number of piperidine rings is 2. The molecule has 126 valence electrons. The van der Waals surface area contributed by atoms with Crippen molar-refractivity contribution in [1.29, 1.82) is 0 Å². The van der Waals surface area contributed by atoms with Crippen molar-refractivity contribution in [3.05, 3.63) is 23.8 Å². The SMILES string of the molecule is CCC(=O)c1cc(N2CCC(N3CCCCC3)CC2)ccc1N. The number of Topliss-reactive ketones (excluding diaryl/α,β-unsaturated/α-hetero) is 1. The maximum Gasteiger partial charge on any atom is 0.164 e. The molecule has 0 radical (unpaired) electrons. The van der Waals surface area contributed by atoms with E-state index in [0.29, 0.717) is 17.7 Å². The molecule has 2 fully saturated rings. The molecule has 0 unspecified atom stereocenters. The lowest BCUT2D eigenvalue weighted by Crippen LogP contribution is -2.46. The maximum atomic E-state index is 12.0. The summed E-state index contributed by atoms with van der Waals surface area (Å²) in [5, 5.41) is 0. The molecule has 0 aromatic heterocycles. The van der Waals surface area contributed by atoms with Crippen molar-refractivity contribution in [2.75, 3.05) is 36.8 Å². The van der Waals surface area contributed by atoms with Crippen molar-refractivity contribution >= 4 is 17.2 Å². The quantitative estimate of drug-likeness (QED) is 0.684. The second-order valence-corrected chi connectivity index (χ2v) is 6.86. The summed E-state index contributed by atoms with van der Waals surface area (Å²) in [6.07, 6.45) is 7.07. The molecule has 0 atom stereocenters. The minimum absolute atomic E-state index is 0.132. The first-order valence-corrected chi connectivity index (χ1v) is 9.10. The number of carbonyl (C=O) groups is 1. The number of ketones is 1. The van der Waals surface area contributed by atoms with E-state index in [0.717, 1.165) is 24.8 Å². The molecule has 2 heterocycles. The van der Waals surface area contributed by atoms with E-state index in [2.05, 4.69) is 15.9 Å². The summed E-state index contributed by atoms with van der Waals surface area (Å²) < 4.78 is 0. The number of rotatable bonds is 4. The van der Waals surface area contributed by atoms with Crippen molar-refractivity contribution in [3.8, 4) is 0 Å². The predicted octanol–water partition coefficient (Wildman–Crippen LogP) is 3.32. The van der Waals surface area contributed by atoms with Crippen LogP contribution in [0.3, 0.4) is 0 Å². The zero-order chi connectivity index (χ0) is 16.2. The molecule has 0 bridgehead atoms. The van der Waals surface area contributed by atoms with Crippen LogP contribution in [0.15, 0.2) is 18.2 Å². The molecule has 4 nitrogen and oxygen atoms in total. The Kier molecular flexibility index (Phi) is 5.21. The third-order valence-corrected chi connectivity index (χ3v) is 5.40. The summed E-state index contributed by atoms with van der Waals surface area (Å²) >= 11 is 0. The highest BCUT2D eigenvalue weighted by Crippen LogP contribution is 2.27. The predicted molar refractivity (Wildman–Crippen MR) is 96.1 cm³/mol. The Hall–Kier alpha value is -1.55. The zero-order valence-electron chi connectivity index (χ0n) is 14.3. The van der Waals surface area contributed by atoms with Crippen molar-refractivity contribution in [2.45, 2.75) is 51.5 Å². The number of carbonyl (C=O) groups excluding carboxylic acids is 1. The Morgan fingerprint density at radius 2 is 1.83 bits per heavy atom. The van der Waals surface area contributed by atoms with Crippen molar-refractivity contribution in [2.24, 2.45) is 0 Å². The molecule has 0 saturated carbocycles. The van der Waals surface area contributed by atoms with E-state index >= 15 is 0 Å². The third-order valence-electron chi connectivity index (χ3n) is 5.40. The monoisotopic (exact) mass is 315 g/mol. The minimum Gasteiger partial charge on any atom is -0.398 e. The second-order valence-electron chi connectivity index (χ2n) is 6.86. The van der Waals surface area contributed by atoms with Gasteiger partial charge in [0.1, 0.15) is 0 Å². The fraction of sp³-hybridized carbons (Fsp3) is 0.632. The number of anilines is 2. The lowest BCUT2D eigenvalue weighted by molar-refractivity contribution is 0.0989. The van der Waals surface area contributed by atoms with Crippen LogP contribution in [-0.2, 0) is 0 Å². The Labute approximate surface area is 139 Å². The largest absolute Gasteiger partial charge is 0.398 e. The van der Waals surface area contributed by atoms with Gasteiger partial charge in [-0.3, -0.25) is 4.79 Å². The van der Waals surface area contributed by atoms with Crippen molar-refractivity contribution in [3.63, 3.8) is 0 Å². The van der Waals surface area contributed by atoms with Crippen molar-refractivity contribution in [1.82, 2.24) is 4.90 Å². The average molecular weight is 315 g/mol. The number of nitrogen functional groups attached to an aromatic ring is 1. The molecule has 2 saturated heterocycles. The number of likely N-dealkylation sites (tertiary alicyclic amines) is 1. The number of nitrogens with zero attached hydrogens (tertiary/aromatic N) is 2. The van der Waals surface area contributed by atoms with E-state index in [1.807, 2.05) is 19.1 Å². The molecule has 2 aliphatic rings. The number of hydrogen-bond acceptors (Lipinski definition) is 4. The van der Waals surface area contributed by atoms with Gasteiger partial charge in [0.2, 0.25) is 0 Å². The van der Waals surface area contributed by atoms with Gasteiger partial charge in [-0.25, -0.2) is 0 Å². The fourth-order valence-corrected chi connectivity index (χ4v) is 3.95. The smallest absolute Gasteiger partial charge is 0.164 e. The van der Waals surface area contributed by atoms with Gasteiger partial charge in [0.05, 0.1) is 0 Å². The van der Waals surface area contributed by atoms with Gasteiger partial charge < -0.3 is 15.5 Å². The maximum absolute atomic E-state index is 12.0. The van der Waals surface area contributed by atoms with Crippen LogP contribution in [-0.4, -0.2) is 42.9 Å². The molecule has 23 heavy (non-hydrogen) atoms. The Morgan fingerprint density at radius 3 is 2.48 bits per heavy atom. The van der Waals surface area contributed by atoms with Gasteiger partial charge in [0.25, 0.3) is 0 Å². The van der Waals surface area contributed by atoms with Crippen LogP contribution in [0.25, 0.3) is 0 Å². The zero-order valence-corrected chi connectivity index (χ0v) is 14.3. The Morgan fingerprint density at radius 1 is 1.13 bits per heavy atom. The topological polar surface area (TPSA) is 49.6 Å². The van der Waals surface area contributed by atoms with Crippen LogP contribution in [0, 0.1) is 0 Å². The molecular formula is C19H29N3O. The van der Waals surface area contributed by atoms with E-state index in [4.69, 9.17) is 5.73 Å². The molecule has 2 N–H and O–H groups in total. The summed E-state index contributed by atoms with van der Waals surface area (Å²) in [4.78, 5) is 17.1. The van der Waals surface area contributed by atoms with Crippen LogP contribution >= 0.6 is 0 Å². The lowest BCUT2D eigenvalue weighted by Gasteiger charge is -2.41. The van der Waals surface area contributed by atoms with Crippen LogP contribution < -0.4 is 10.6 Å². The summed E-state index contributed by atoms with van der Waals surface area (Å²) in [5.41, 5.74) is 8.40. The first-order valence-electron chi connectivity index (χ1n) is 9.10. The van der Waals surface area contributed by atoms with Crippen LogP contribution in [0.1, 0.15) is 55.8 Å². The molecule has 2 aliphatic heterocycles. The van der Waals surface area contributed by atoms with Gasteiger partial charge in [-0.05, 0) is 57.0 Å². The van der Waals surface area contributed by atoms with Crippen molar-refractivity contribution < 1.29 is 4.79 Å². The summed E-state index contributed by atoms with van der Waals surface area (Å²) in [7, 11) is 0. The van der Waals surface area contributed by atoms with E-state index in [9.17, 15) is 4.79 Å². The summed E-state index contributed by atoms with van der Waals surface area (Å²) in [6, 6.07) is 6.68. The molecule has 3 rings (SSSR count). The van der Waals surface area contributed by atoms with Gasteiger partial charge in [-0.2, -0.15) is 0 Å². The van der Waals surface area contributed by atoms with Gasteiger partial charge in [-0.15, -0.1) is 0 Å². The number of benzene rings is 1. The van der Waals surface area contributed by atoms with Crippen LogP contribution in [0.5, 0.6) is 0 Å². The van der Waals surface area contributed by atoms with Gasteiger partial charge in [0.15, 0.2) is 5.78 Å². The molecule has 0 spiro atoms. The van der Waals surface area contributed by atoms with E-state index < -0.39 is 0 Å². The molecule has 0 amide bonds. The van der Waals surface area contributed by atoms with E-state index in [1.165, 1.54) is 45.2 Å². The van der Waals surface area contributed by atoms with Gasteiger partial charge in [-0.1, -0.05) is 13.3 Å². The van der Waals surface area contributed by atoms with E-state index in [1.54, 1.807) is 0 Å². The standard InChI is InChI=1S/C19H29N3O/c1-2-19(23)17-14-16(6-7-18(17)20)22-12-8-15(9-13-22)21-10-4-3-5-11-21/h6-7,14-15H,2-5,8-13,20H2,1H3.